The lowest BCUT2D eigenvalue weighted by atomic mass is 9.68. The van der Waals surface area contributed by atoms with Crippen molar-refractivity contribution in [3.05, 3.63) is 30.1 Å². The molecule has 1 heterocycles. The highest BCUT2D eigenvalue weighted by Gasteiger charge is 2.42. The van der Waals surface area contributed by atoms with Crippen LogP contribution in [-0.2, 0) is 9.59 Å². The third-order valence-electron chi connectivity index (χ3n) is 3.68. The van der Waals surface area contributed by atoms with Crippen molar-refractivity contribution >= 4 is 11.6 Å². The van der Waals surface area contributed by atoms with Crippen molar-refractivity contribution < 1.29 is 9.59 Å². The zero-order valence-electron chi connectivity index (χ0n) is 10.3. The zero-order valence-corrected chi connectivity index (χ0v) is 10.3. The molecule has 0 spiro atoms. The van der Waals surface area contributed by atoms with Gasteiger partial charge in [-0.25, -0.2) is 0 Å². The first-order chi connectivity index (χ1) is 8.06. The molecule has 0 N–H and O–H groups in total. The molecule has 1 aromatic rings. The number of ketones is 2. The van der Waals surface area contributed by atoms with E-state index in [1.165, 1.54) is 0 Å². The summed E-state index contributed by atoms with van der Waals surface area (Å²) in [7, 11) is 0. The zero-order chi connectivity index (χ0) is 12.5. The van der Waals surface area contributed by atoms with Crippen LogP contribution in [0.15, 0.2) is 24.4 Å². The molecule has 0 aromatic carbocycles. The van der Waals surface area contributed by atoms with Crippen molar-refractivity contribution in [2.45, 2.75) is 39.0 Å². The van der Waals surface area contributed by atoms with Gasteiger partial charge in [-0.1, -0.05) is 19.9 Å². The number of Topliss-reactive ketones (excluding diaryl/α,β-unsaturated/α-hetero) is 2. The average Bonchev–Trinajstić information content (AvgIpc) is 2.29. The maximum absolute atomic E-state index is 12.1. The highest BCUT2D eigenvalue weighted by Crippen LogP contribution is 2.40. The lowest BCUT2D eigenvalue weighted by Gasteiger charge is -2.34. The van der Waals surface area contributed by atoms with Crippen LogP contribution in [0.2, 0.25) is 0 Å². The van der Waals surface area contributed by atoms with E-state index in [1.807, 2.05) is 19.9 Å². The highest BCUT2D eigenvalue weighted by atomic mass is 16.2. The fraction of sp³-hybridized carbons (Fsp3) is 0.500. The number of hydrogen-bond donors (Lipinski definition) is 0. The minimum absolute atomic E-state index is 0.0179. The molecular weight excluding hydrogens is 214 g/mol. The molecule has 1 aliphatic carbocycles. The van der Waals surface area contributed by atoms with E-state index in [4.69, 9.17) is 0 Å². The Bertz CT molecular complexity index is 421. The van der Waals surface area contributed by atoms with Crippen LogP contribution in [0.25, 0.3) is 0 Å². The summed E-state index contributed by atoms with van der Waals surface area (Å²) in [5.74, 6) is -0.593. The highest BCUT2D eigenvalue weighted by molar-refractivity contribution is 6.09. The normalized spacial score (nSPS) is 29.4. The van der Waals surface area contributed by atoms with Crippen molar-refractivity contribution in [3.8, 4) is 0 Å². The van der Waals surface area contributed by atoms with E-state index in [0.29, 0.717) is 18.5 Å². The first kappa shape index (κ1) is 12.0. The number of carbonyl (C=O) groups excluding carboxylic acids is 2. The molecule has 17 heavy (non-hydrogen) atoms. The predicted octanol–water partition coefficient (Wildman–Crippen LogP) is 2.51. The standard InChI is InChI=1S/C14H17NO2/c1-3-14(2)8-11(16)13(12(17)9-14)10-6-4-5-7-15-10/h4-7,13H,3,8-9H2,1-2H3. The molecule has 2 rings (SSSR count). The summed E-state index contributed by atoms with van der Waals surface area (Å²) in [5, 5.41) is 0. The summed E-state index contributed by atoms with van der Waals surface area (Å²) in [6.07, 6.45) is 3.45. The molecule has 0 bridgehead atoms. The van der Waals surface area contributed by atoms with Gasteiger partial charge in [0.15, 0.2) is 0 Å². The van der Waals surface area contributed by atoms with E-state index < -0.39 is 5.92 Å². The molecule has 0 saturated heterocycles. The summed E-state index contributed by atoms with van der Waals surface area (Å²) in [6, 6.07) is 5.36. The number of pyridine rings is 1. The van der Waals surface area contributed by atoms with Crippen molar-refractivity contribution in [2.75, 3.05) is 0 Å². The molecule has 3 nitrogen and oxygen atoms in total. The Labute approximate surface area is 101 Å². The van der Waals surface area contributed by atoms with Crippen LogP contribution in [0.1, 0.15) is 44.7 Å². The number of hydrogen-bond acceptors (Lipinski definition) is 3. The van der Waals surface area contributed by atoms with Gasteiger partial charge in [0.05, 0.1) is 5.69 Å². The summed E-state index contributed by atoms with van der Waals surface area (Å²) < 4.78 is 0. The van der Waals surface area contributed by atoms with Gasteiger partial charge in [0.1, 0.15) is 17.5 Å². The van der Waals surface area contributed by atoms with Gasteiger partial charge in [-0.05, 0) is 24.0 Å². The molecule has 1 aliphatic rings. The van der Waals surface area contributed by atoms with Crippen molar-refractivity contribution in [2.24, 2.45) is 5.41 Å². The fourth-order valence-corrected chi connectivity index (χ4v) is 2.41. The van der Waals surface area contributed by atoms with Gasteiger partial charge in [0, 0.05) is 19.0 Å². The molecule has 1 aromatic heterocycles. The average molecular weight is 231 g/mol. The second-order valence-corrected chi connectivity index (χ2v) is 5.14. The summed E-state index contributed by atoms with van der Waals surface area (Å²) in [5.41, 5.74) is 0.445. The van der Waals surface area contributed by atoms with Crippen LogP contribution in [0.4, 0.5) is 0 Å². The van der Waals surface area contributed by atoms with Crippen LogP contribution < -0.4 is 0 Å². The number of carbonyl (C=O) groups is 2. The van der Waals surface area contributed by atoms with E-state index in [2.05, 4.69) is 4.98 Å². The quantitative estimate of drug-likeness (QED) is 0.735. The van der Waals surface area contributed by atoms with E-state index >= 15 is 0 Å². The Morgan fingerprint density at radius 3 is 2.41 bits per heavy atom. The number of rotatable bonds is 2. The molecule has 1 fully saturated rings. The number of nitrogens with zero attached hydrogens (tertiary/aromatic N) is 1. The molecule has 1 saturated carbocycles. The van der Waals surface area contributed by atoms with Crippen LogP contribution in [0, 0.1) is 5.41 Å². The lowest BCUT2D eigenvalue weighted by molar-refractivity contribution is -0.136. The van der Waals surface area contributed by atoms with Gasteiger partial charge in [-0.15, -0.1) is 0 Å². The van der Waals surface area contributed by atoms with Gasteiger partial charge in [-0.3, -0.25) is 14.6 Å². The van der Waals surface area contributed by atoms with Gasteiger partial charge in [0.25, 0.3) is 0 Å². The first-order valence-electron chi connectivity index (χ1n) is 6.02. The minimum atomic E-state index is -0.629. The van der Waals surface area contributed by atoms with Crippen LogP contribution in [-0.4, -0.2) is 16.6 Å². The Morgan fingerprint density at radius 1 is 1.29 bits per heavy atom. The third kappa shape index (κ3) is 2.28. The maximum Gasteiger partial charge on any atom is 0.149 e. The van der Waals surface area contributed by atoms with Gasteiger partial charge >= 0.3 is 0 Å². The van der Waals surface area contributed by atoms with Crippen molar-refractivity contribution in [1.82, 2.24) is 4.98 Å². The Morgan fingerprint density at radius 2 is 1.94 bits per heavy atom. The van der Waals surface area contributed by atoms with E-state index in [9.17, 15) is 9.59 Å². The van der Waals surface area contributed by atoms with Gasteiger partial charge in [0.2, 0.25) is 0 Å². The number of aromatic nitrogens is 1. The fourth-order valence-electron chi connectivity index (χ4n) is 2.41. The molecule has 0 aliphatic heterocycles. The lowest BCUT2D eigenvalue weighted by Crippen LogP contribution is -2.37. The van der Waals surface area contributed by atoms with Crippen molar-refractivity contribution in [1.29, 1.82) is 0 Å². The van der Waals surface area contributed by atoms with Crippen LogP contribution >= 0.6 is 0 Å². The Hall–Kier alpha value is -1.51. The topological polar surface area (TPSA) is 47.0 Å². The smallest absolute Gasteiger partial charge is 0.149 e. The largest absolute Gasteiger partial charge is 0.298 e. The molecular formula is C14H17NO2. The molecule has 0 atom stereocenters. The molecule has 0 unspecified atom stereocenters. The van der Waals surface area contributed by atoms with E-state index in [-0.39, 0.29) is 17.0 Å². The third-order valence-corrected chi connectivity index (χ3v) is 3.68. The van der Waals surface area contributed by atoms with Crippen LogP contribution in [0.3, 0.4) is 0 Å². The second kappa shape index (κ2) is 4.40. The molecule has 0 amide bonds. The minimum Gasteiger partial charge on any atom is -0.298 e. The first-order valence-corrected chi connectivity index (χ1v) is 6.02. The summed E-state index contributed by atoms with van der Waals surface area (Å²) >= 11 is 0. The second-order valence-electron chi connectivity index (χ2n) is 5.14. The van der Waals surface area contributed by atoms with Crippen LogP contribution in [0.5, 0.6) is 0 Å². The summed E-state index contributed by atoms with van der Waals surface area (Å²) in [6.45, 7) is 4.04. The monoisotopic (exact) mass is 231 g/mol. The molecule has 0 radical (unpaired) electrons. The maximum atomic E-state index is 12.1. The Balaban J connectivity index is 2.28. The SMILES string of the molecule is CCC1(C)CC(=O)C(c2ccccn2)C(=O)C1. The van der Waals surface area contributed by atoms with Gasteiger partial charge < -0.3 is 0 Å². The summed E-state index contributed by atoms with van der Waals surface area (Å²) in [4.78, 5) is 28.4. The van der Waals surface area contributed by atoms with Crippen molar-refractivity contribution in [3.63, 3.8) is 0 Å². The molecule has 3 heteroatoms. The van der Waals surface area contributed by atoms with E-state index in [1.54, 1.807) is 18.3 Å². The van der Waals surface area contributed by atoms with E-state index in [0.717, 1.165) is 6.42 Å². The Kier molecular flexibility index (Phi) is 3.09. The predicted molar refractivity (Wildman–Crippen MR) is 64.6 cm³/mol. The van der Waals surface area contributed by atoms with Gasteiger partial charge in [-0.2, -0.15) is 0 Å². The molecule has 90 valence electrons.